The Hall–Kier alpha value is -8.21. The molecule has 77 heavy (non-hydrogen) atoms. The van der Waals surface area contributed by atoms with E-state index in [-0.39, 0.29) is 61.2 Å². The molecule has 2 heterocycles. The van der Waals surface area contributed by atoms with E-state index in [4.69, 9.17) is 33.6 Å². The van der Waals surface area contributed by atoms with Crippen molar-refractivity contribution in [3.05, 3.63) is 209 Å². The number of hydrogen-bond donors (Lipinski definition) is 2. The summed E-state index contributed by atoms with van der Waals surface area (Å²) in [5.41, 5.74) is 10.0. The Morgan fingerprint density at radius 3 is 1.34 bits per heavy atom. The lowest BCUT2D eigenvalue weighted by molar-refractivity contribution is 0.0518. The van der Waals surface area contributed by atoms with Crippen LogP contribution in [0.2, 0.25) is 0 Å². The molecular formula is C61H74N10O6. The van der Waals surface area contributed by atoms with Gasteiger partial charge in [0.1, 0.15) is 17.2 Å². The number of benzene rings is 4. The van der Waals surface area contributed by atoms with Gasteiger partial charge in [0.15, 0.2) is 0 Å². The molecule has 0 aliphatic carbocycles. The fraction of sp³-hybridized carbons (Fsp3) is 0.393. The second kappa shape index (κ2) is 27.5. The number of nitrogens with one attached hydrogen (secondary N) is 1. The average Bonchev–Trinajstić information content (AvgIpc) is 3.38. The summed E-state index contributed by atoms with van der Waals surface area (Å²) in [4.78, 5) is 87.2. The first kappa shape index (κ1) is 59.7. The molecule has 3 amide bonds. The molecule has 0 aliphatic rings. The van der Waals surface area contributed by atoms with Crippen LogP contribution in [0.1, 0.15) is 139 Å². The third kappa shape index (κ3) is 15.9. The molecule has 3 N–H and O–H groups in total. The van der Waals surface area contributed by atoms with E-state index in [9.17, 15) is 24.0 Å². The molecule has 16 heteroatoms. The van der Waals surface area contributed by atoms with Crippen LogP contribution < -0.4 is 22.2 Å². The Kier molecular flexibility index (Phi) is 21.3. The number of ether oxygens (including phenoxy) is 1. The number of hydrogen-bond acceptors (Lipinski definition) is 9. The first-order chi connectivity index (χ1) is 36.6. The summed E-state index contributed by atoms with van der Waals surface area (Å²) in [5.74, 6) is 0.378. The standard InChI is InChI=1S/C33H41N5O4.C28H33N5O2/c1-22(2)28(29-36-24(4)27(34-8)31(40)38(29)21-25-13-10-9-11-14-25)37(30(39)26-17-15-23(3)16-18-26)20-12-19-35-32(41)42-33(5,6)7;1-19(2)25(32(17-9-16-29)27(34)23-14-12-20(3)13-15-23)26-31-21(4)24(30-5)28(35)33(26)18-22-10-7-6-8-11-22/h9-11,13-18,22,28H,12,19-21H2,1-7H3,(H,35,41);6-8,10-15,19,25H,9,16-18,29H2,1-4H3. The monoisotopic (exact) mass is 1040 g/mol. The van der Waals surface area contributed by atoms with Gasteiger partial charge >= 0.3 is 6.09 Å². The van der Waals surface area contributed by atoms with Gasteiger partial charge in [0.25, 0.3) is 34.3 Å². The highest BCUT2D eigenvalue weighted by atomic mass is 16.6. The number of alkyl carbamates (subject to hydrolysis) is 1. The van der Waals surface area contributed by atoms with Crippen molar-refractivity contribution in [2.75, 3.05) is 26.2 Å². The van der Waals surface area contributed by atoms with Crippen molar-refractivity contribution in [1.29, 1.82) is 0 Å². The number of carbonyl (C=O) groups is 3. The fourth-order valence-corrected chi connectivity index (χ4v) is 8.96. The molecule has 0 saturated heterocycles. The molecule has 0 bridgehead atoms. The number of rotatable bonds is 19. The maximum absolute atomic E-state index is 14.1. The van der Waals surface area contributed by atoms with Crippen LogP contribution in [-0.4, -0.2) is 78.6 Å². The van der Waals surface area contributed by atoms with Gasteiger partial charge in [0, 0.05) is 30.8 Å². The quantitative estimate of drug-likeness (QED) is 0.0589. The minimum absolute atomic E-state index is 0.00514. The van der Waals surface area contributed by atoms with Crippen molar-refractivity contribution in [3.63, 3.8) is 0 Å². The highest BCUT2D eigenvalue weighted by Gasteiger charge is 2.35. The van der Waals surface area contributed by atoms with Crippen molar-refractivity contribution in [2.24, 2.45) is 17.6 Å². The maximum atomic E-state index is 14.1. The first-order valence-corrected chi connectivity index (χ1v) is 26.1. The molecule has 4 aromatic carbocycles. The van der Waals surface area contributed by atoms with Crippen molar-refractivity contribution < 1.29 is 19.1 Å². The number of carbonyl (C=O) groups excluding carboxylic acids is 3. The molecule has 0 spiro atoms. The summed E-state index contributed by atoms with van der Waals surface area (Å²) in [5, 5.41) is 2.76. The summed E-state index contributed by atoms with van der Waals surface area (Å²) in [6.45, 7) is 37.7. The van der Waals surface area contributed by atoms with Crippen LogP contribution in [0.15, 0.2) is 119 Å². The van der Waals surface area contributed by atoms with Gasteiger partial charge in [-0.25, -0.2) is 24.5 Å². The van der Waals surface area contributed by atoms with E-state index in [0.717, 1.165) is 22.3 Å². The first-order valence-electron chi connectivity index (χ1n) is 26.1. The normalized spacial score (nSPS) is 11.9. The molecule has 16 nitrogen and oxygen atoms in total. The summed E-state index contributed by atoms with van der Waals surface area (Å²) in [7, 11) is 0. The van der Waals surface area contributed by atoms with Crippen LogP contribution in [0.4, 0.5) is 16.2 Å². The molecular weight excluding hydrogens is 969 g/mol. The number of nitrogens with zero attached hydrogens (tertiary/aromatic N) is 8. The van der Waals surface area contributed by atoms with Crippen LogP contribution in [0.3, 0.4) is 0 Å². The Morgan fingerprint density at radius 1 is 0.623 bits per heavy atom. The zero-order chi connectivity index (χ0) is 56.6. The number of nitrogens with two attached hydrogens (primary N) is 1. The van der Waals surface area contributed by atoms with Gasteiger partial charge < -0.3 is 25.6 Å². The van der Waals surface area contributed by atoms with Gasteiger partial charge in [0.2, 0.25) is 0 Å². The minimum atomic E-state index is -0.621. The van der Waals surface area contributed by atoms with Crippen LogP contribution >= 0.6 is 0 Å². The minimum Gasteiger partial charge on any atom is -0.444 e. The van der Waals surface area contributed by atoms with Crippen molar-refractivity contribution >= 4 is 29.3 Å². The van der Waals surface area contributed by atoms with Crippen LogP contribution in [0.25, 0.3) is 9.69 Å². The molecule has 6 rings (SSSR count). The highest BCUT2D eigenvalue weighted by Crippen LogP contribution is 2.33. The van der Waals surface area contributed by atoms with E-state index in [1.54, 1.807) is 61.1 Å². The van der Waals surface area contributed by atoms with E-state index in [0.29, 0.717) is 60.1 Å². The van der Waals surface area contributed by atoms with Crippen molar-refractivity contribution in [3.8, 4) is 0 Å². The largest absolute Gasteiger partial charge is 0.444 e. The summed E-state index contributed by atoms with van der Waals surface area (Å²) in [6, 6.07) is 32.9. The summed E-state index contributed by atoms with van der Waals surface area (Å²) >= 11 is 0. The van der Waals surface area contributed by atoms with Gasteiger partial charge in [-0.05, 0) is 115 Å². The van der Waals surface area contributed by atoms with E-state index in [1.807, 2.05) is 139 Å². The topological polar surface area (TPSA) is 183 Å². The lowest BCUT2D eigenvalue weighted by Crippen LogP contribution is -2.43. The molecule has 404 valence electrons. The van der Waals surface area contributed by atoms with Gasteiger partial charge in [0.05, 0.1) is 49.7 Å². The molecule has 6 aromatic rings. The number of aromatic nitrogens is 4. The second-order valence-corrected chi connectivity index (χ2v) is 20.8. The predicted molar refractivity (Wildman–Crippen MR) is 302 cm³/mol. The van der Waals surface area contributed by atoms with E-state index < -0.39 is 34.9 Å². The molecule has 2 atom stereocenters. The zero-order valence-corrected chi connectivity index (χ0v) is 46.5. The Balaban J connectivity index is 0.000000289. The Labute approximate surface area is 453 Å². The van der Waals surface area contributed by atoms with E-state index in [2.05, 4.69) is 15.0 Å². The molecule has 0 aliphatic heterocycles. The van der Waals surface area contributed by atoms with E-state index in [1.165, 1.54) is 4.57 Å². The highest BCUT2D eigenvalue weighted by molar-refractivity contribution is 5.95. The van der Waals surface area contributed by atoms with Gasteiger partial charge in [-0.1, -0.05) is 124 Å². The maximum Gasteiger partial charge on any atom is 0.407 e. The van der Waals surface area contributed by atoms with Crippen molar-refractivity contribution in [1.82, 2.24) is 34.2 Å². The molecule has 2 aromatic heterocycles. The van der Waals surface area contributed by atoms with Crippen LogP contribution in [-0.2, 0) is 17.8 Å². The van der Waals surface area contributed by atoms with Gasteiger partial charge in [-0.15, -0.1) is 0 Å². The Morgan fingerprint density at radius 2 is 1.00 bits per heavy atom. The number of aryl methyl sites for hydroxylation is 4. The molecule has 0 saturated carbocycles. The summed E-state index contributed by atoms with van der Waals surface area (Å²) in [6.07, 6.45) is 0.536. The lowest BCUT2D eigenvalue weighted by Gasteiger charge is -2.36. The fourth-order valence-electron chi connectivity index (χ4n) is 8.96. The van der Waals surface area contributed by atoms with E-state index >= 15 is 0 Å². The third-order valence-corrected chi connectivity index (χ3v) is 12.7. The Bertz CT molecular complexity index is 3170. The molecule has 2 unspecified atom stereocenters. The van der Waals surface area contributed by atoms with Gasteiger partial charge in [-0.3, -0.25) is 28.3 Å². The number of amides is 3. The molecule has 0 fully saturated rings. The zero-order valence-electron chi connectivity index (χ0n) is 46.5. The van der Waals surface area contributed by atoms with Crippen LogP contribution in [0, 0.1) is 52.7 Å². The summed E-state index contributed by atoms with van der Waals surface area (Å²) < 4.78 is 8.42. The smallest absolute Gasteiger partial charge is 0.407 e. The third-order valence-electron chi connectivity index (χ3n) is 12.7. The SMILES string of the molecule is [C-]#[N+]c1c(C)nc(C(C(C)C)N(CCCN)C(=O)c2ccc(C)cc2)n(Cc2ccccc2)c1=O.[C-]#[N+]c1c(C)nc(C(C(C)C)N(CCCNC(=O)OC(C)(C)C)C(=O)c2ccc(C)cc2)n(Cc2ccccc2)c1=O. The van der Waals surface area contributed by atoms with Gasteiger partial charge in [-0.2, -0.15) is 0 Å². The average molecular weight is 1040 g/mol. The van der Waals surface area contributed by atoms with Crippen LogP contribution in [0.5, 0.6) is 0 Å². The van der Waals surface area contributed by atoms with Crippen molar-refractivity contribution in [2.45, 2.75) is 120 Å². The second-order valence-electron chi connectivity index (χ2n) is 20.8. The lowest BCUT2D eigenvalue weighted by atomic mass is 9.98. The predicted octanol–water partition coefficient (Wildman–Crippen LogP) is 10.9. The molecule has 0 radical (unpaired) electrons.